The molecule has 3 heteroatoms. The Kier molecular flexibility index (Phi) is 2.11. The molecule has 84 valence electrons. The lowest BCUT2D eigenvalue weighted by Gasteiger charge is -2.04. The summed E-state index contributed by atoms with van der Waals surface area (Å²) in [6.07, 6.45) is 3.54. The second-order valence-corrected chi connectivity index (χ2v) is 4.11. The van der Waals surface area contributed by atoms with Gasteiger partial charge in [-0.3, -0.25) is 0 Å². The molecule has 0 N–H and O–H groups in total. The van der Waals surface area contributed by atoms with E-state index in [-0.39, 0.29) is 0 Å². The van der Waals surface area contributed by atoms with E-state index >= 15 is 0 Å². The van der Waals surface area contributed by atoms with Crippen LogP contribution in [0.1, 0.15) is 0 Å². The average molecular weight is 224 g/mol. The summed E-state index contributed by atoms with van der Waals surface area (Å²) in [6, 6.07) is 13.5. The van der Waals surface area contributed by atoms with Gasteiger partial charge in [0.1, 0.15) is 0 Å². The highest BCUT2D eigenvalue weighted by molar-refractivity contribution is 5.84. The highest BCUT2D eigenvalue weighted by Crippen LogP contribution is 2.22. The van der Waals surface area contributed by atoms with Gasteiger partial charge >= 0.3 is 0 Å². The summed E-state index contributed by atoms with van der Waals surface area (Å²) in [5.74, 6) is 0. The Bertz CT molecular complexity index is 686. The highest BCUT2D eigenvalue weighted by atomic mass is 16.5. The molecule has 0 aliphatic heterocycles. The van der Waals surface area contributed by atoms with Gasteiger partial charge in [-0.1, -0.05) is 0 Å². The van der Waals surface area contributed by atoms with Gasteiger partial charge in [-0.2, -0.15) is 4.73 Å². The van der Waals surface area contributed by atoms with Gasteiger partial charge in [0.2, 0.25) is 5.69 Å². The smallest absolute Gasteiger partial charge is 0.223 e. The molecule has 0 saturated heterocycles. The normalized spacial score (nSPS) is 10.9. The number of aromatic nitrogens is 2. The summed E-state index contributed by atoms with van der Waals surface area (Å²) >= 11 is 0. The predicted octanol–water partition coefficient (Wildman–Crippen LogP) is 2.48. The van der Waals surface area contributed by atoms with E-state index in [1.807, 2.05) is 43.6 Å². The number of hydrogen-bond donors (Lipinski definition) is 0. The zero-order chi connectivity index (χ0) is 11.8. The fraction of sp³-hybridized carbons (Fsp3) is 0.0714. The van der Waals surface area contributed by atoms with Gasteiger partial charge in [-0.15, -0.1) is 0 Å². The summed E-state index contributed by atoms with van der Waals surface area (Å²) in [6.45, 7) is 0. The molecular weight excluding hydrogens is 212 g/mol. The molecule has 0 atom stereocenters. The number of benzene rings is 1. The third-order valence-corrected chi connectivity index (χ3v) is 3.01. The van der Waals surface area contributed by atoms with Crippen LogP contribution in [0.3, 0.4) is 0 Å². The largest absolute Gasteiger partial charge is 0.618 e. The maximum absolute atomic E-state index is 11.7. The van der Waals surface area contributed by atoms with E-state index < -0.39 is 0 Å². The van der Waals surface area contributed by atoms with Crippen LogP contribution in [0.5, 0.6) is 0 Å². The molecule has 3 rings (SSSR count). The van der Waals surface area contributed by atoms with E-state index in [9.17, 15) is 5.21 Å². The Balaban J connectivity index is 2.22. The van der Waals surface area contributed by atoms with Gasteiger partial charge in [-0.05, 0) is 30.3 Å². The van der Waals surface area contributed by atoms with E-state index in [1.165, 1.54) is 11.7 Å². The number of pyridine rings is 1. The van der Waals surface area contributed by atoms with E-state index in [0.29, 0.717) is 5.69 Å². The molecule has 0 aliphatic rings. The lowest BCUT2D eigenvalue weighted by molar-refractivity contribution is -0.593. The van der Waals surface area contributed by atoms with E-state index in [1.54, 1.807) is 6.07 Å². The van der Waals surface area contributed by atoms with Gasteiger partial charge in [0, 0.05) is 41.8 Å². The summed E-state index contributed by atoms with van der Waals surface area (Å²) in [7, 11) is 2.01. The van der Waals surface area contributed by atoms with Crippen LogP contribution in [0, 0.1) is 5.21 Å². The van der Waals surface area contributed by atoms with Crippen molar-refractivity contribution in [2.24, 2.45) is 7.05 Å². The summed E-state index contributed by atoms with van der Waals surface area (Å²) in [5.41, 5.74) is 2.79. The zero-order valence-electron chi connectivity index (χ0n) is 9.50. The van der Waals surface area contributed by atoms with Crippen molar-refractivity contribution < 1.29 is 4.73 Å². The molecule has 2 heterocycles. The van der Waals surface area contributed by atoms with E-state index in [4.69, 9.17) is 0 Å². The molecule has 0 radical (unpaired) electrons. The van der Waals surface area contributed by atoms with Crippen molar-refractivity contribution >= 4 is 10.9 Å². The predicted molar refractivity (Wildman–Crippen MR) is 67.3 cm³/mol. The van der Waals surface area contributed by atoms with E-state index in [2.05, 4.69) is 10.6 Å². The van der Waals surface area contributed by atoms with Crippen LogP contribution in [0.2, 0.25) is 0 Å². The van der Waals surface area contributed by atoms with Crippen molar-refractivity contribution in [1.82, 2.24) is 4.57 Å². The fourth-order valence-electron chi connectivity index (χ4n) is 2.09. The van der Waals surface area contributed by atoms with Gasteiger partial charge in [0.15, 0.2) is 6.20 Å². The second-order valence-electron chi connectivity index (χ2n) is 4.11. The summed E-state index contributed by atoms with van der Waals surface area (Å²) in [5, 5.41) is 12.8. The molecular formula is C14H12N2O. The van der Waals surface area contributed by atoms with Gasteiger partial charge in [0.05, 0.1) is 0 Å². The van der Waals surface area contributed by atoms with Crippen LogP contribution in [-0.2, 0) is 7.05 Å². The van der Waals surface area contributed by atoms with Crippen LogP contribution in [0.25, 0.3) is 22.2 Å². The Morgan fingerprint density at radius 2 is 2.00 bits per heavy atom. The molecule has 2 aromatic heterocycles. The van der Waals surface area contributed by atoms with Crippen molar-refractivity contribution in [3.05, 3.63) is 60.1 Å². The lowest BCUT2D eigenvalue weighted by atomic mass is 10.1. The number of rotatable bonds is 1. The molecule has 17 heavy (non-hydrogen) atoms. The minimum absolute atomic E-state index is 0.679. The van der Waals surface area contributed by atoms with Crippen molar-refractivity contribution in [2.75, 3.05) is 0 Å². The monoisotopic (exact) mass is 224 g/mol. The number of hydrogen-bond acceptors (Lipinski definition) is 1. The molecule has 3 aromatic rings. The quantitative estimate of drug-likeness (QED) is 0.461. The van der Waals surface area contributed by atoms with Gasteiger partial charge in [0.25, 0.3) is 0 Å². The molecule has 0 fully saturated rings. The first-order valence-electron chi connectivity index (χ1n) is 5.49. The van der Waals surface area contributed by atoms with Crippen molar-refractivity contribution in [3.63, 3.8) is 0 Å². The fourth-order valence-corrected chi connectivity index (χ4v) is 2.09. The van der Waals surface area contributed by atoms with Crippen LogP contribution < -0.4 is 4.73 Å². The third kappa shape index (κ3) is 1.56. The Hall–Kier alpha value is -2.29. The Morgan fingerprint density at radius 3 is 2.82 bits per heavy atom. The molecule has 0 amide bonds. The molecule has 0 saturated carbocycles. The zero-order valence-corrected chi connectivity index (χ0v) is 9.50. The maximum atomic E-state index is 11.7. The molecule has 0 aliphatic carbocycles. The molecule has 0 bridgehead atoms. The van der Waals surface area contributed by atoms with Crippen LogP contribution in [0.15, 0.2) is 54.9 Å². The minimum atomic E-state index is 0.679. The van der Waals surface area contributed by atoms with Crippen molar-refractivity contribution in [2.45, 2.75) is 0 Å². The standard InChI is InChI=1S/C14H12N2O/c1-15-9-7-12-10-11(5-6-13(12)15)14-4-2-3-8-16(14)17/h2-10H,1H3. The van der Waals surface area contributed by atoms with Crippen LogP contribution in [-0.4, -0.2) is 4.57 Å². The van der Waals surface area contributed by atoms with Crippen molar-refractivity contribution in [3.8, 4) is 11.3 Å². The van der Waals surface area contributed by atoms with Crippen LogP contribution >= 0.6 is 0 Å². The minimum Gasteiger partial charge on any atom is -0.618 e. The van der Waals surface area contributed by atoms with E-state index in [0.717, 1.165) is 15.7 Å². The first kappa shape index (κ1) is 9.90. The summed E-state index contributed by atoms with van der Waals surface area (Å²) in [4.78, 5) is 0. The first-order chi connectivity index (χ1) is 8.25. The average Bonchev–Trinajstić information content (AvgIpc) is 2.71. The Labute approximate surface area is 99.1 Å². The maximum Gasteiger partial charge on any atom is 0.223 e. The summed E-state index contributed by atoms with van der Waals surface area (Å²) < 4.78 is 2.96. The SMILES string of the molecule is Cn1ccc2cc(-c3cccc[n+]3[O-])ccc21. The number of aryl methyl sites for hydroxylation is 1. The van der Waals surface area contributed by atoms with Crippen molar-refractivity contribution in [1.29, 1.82) is 0 Å². The topological polar surface area (TPSA) is 31.9 Å². The third-order valence-electron chi connectivity index (χ3n) is 3.01. The first-order valence-corrected chi connectivity index (χ1v) is 5.49. The molecule has 0 spiro atoms. The molecule has 0 unspecified atom stereocenters. The Morgan fingerprint density at radius 1 is 1.12 bits per heavy atom. The molecule has 3 nitrogen and oxygen atoms in total. The lowest BCUT2D eigenvalue weighted by Crippen LogP contribution is -2.27. The van der Waals surface area contributed by atoms with Gasteiger partial charge in [-0.25, -0.2) is 0 Å². The molecule has 1 aromatic carbocycles. The number of fused-ring (bicyclic) bond motifs is 1. The number of nitrogens with zero attached hydrogens (tertiary/aromatic N) is 2. The van der Waals surface area contributed by atoms with Gasteiger partial charge < -0.3 is 9.77 Å². The van der Waals surface area contributed by atoms with Crippen LogP contribution in [0.4, 0.5) is 0 Å². The highest BCUT2D eigenvalue weighted by Gasteiger charge is 2.08. The second kappa shape index (κ2) is 3.63.